The highest BCUT2D eigenvalue weighted by molar-refractivity contribution is 6.16. The van der Waals surface area contributed by atoms with Crippen molar-refractivity contribution in [3.63, 3.8) is 0 Å². The molecule has 4 nitrogen and oxygen atoms in total. The highest BCUT2D eigenvalue weighted by atomic mass is 19.4. The molecule has 1 amide bonds. The zero-order valence-electron chi connectivity index (χ0n) is 15.9. The van der Waals surface area contributed by atoms with Crippen molar-refractivity contribution >= 4 is 11.7 Å². The monoisotopic (exact) mass is 410 g/mol. The van der Waals surface area contributed by atoms with Crippen LogP contribution in [0.4, 0.5) is 13.2 Å². The number of carbonyl (C=O) groups excluding carboxylic acids is 1. The fraction of sp³-hybridized carbons (Fsp3) is 0.130. The van der Waals surface area contributed by atoms with Crippen molar-refractivity contribution in [3.8, 4) is 5.75 Å². The topological polar surface area (TPSA) is 50.7 Å². The maximum atomic E-state index is 13.2. The van der Waals surface area contributed by atoms with E-state index < -0.39 is 23.2 Å². The van der Waals surface area contributed by atoms with E-state index >= 15 is 0 Å². The smallest absolute Gasteiger partial charge is 0.416 e. The number of rotatable bonds is 4. The Morgan fingerprint density at radius 2 is 1.43 bits per heavy atom. The second-order valence-electron chi connectivity index (χ2n) is 6.79. The van der Waals surface area contributed by atoms with Gasteiger partial charge >= 0.3 is 6.18 Å². The highest BCUT2D eigenvalue weighted by Gasteiger charge is 2.47. The number of methoxy groups -OCH3 is 1. The first-order valence-electron chi connectivity index (χ1n) is 9.13. The summed E-state index contributed by atoms with van der Waals surface area (Å²) in [6.07, 6.45) is -4.47. The molecule has 1 aliphatic heterocycles. The molecular weight excluding hydrogens is 393 g/mol. The van der Waals surface area contributed by atoms with E-state index in [0.29, 0.717) is 28.3 Å². The Hall–Kier alpha value is -3.61. The van der Waals surface area contributed by atoms with Gasteiger partial charge in [0, 0.05) is 5.56 Å². The summed E-state index contributed by atoms with van der Waals surface area (Å²) in [7, 11) is 1.52. The summed E-state index contributed by atoms with van der Waals surface area (Å²) in [5.41, 5.74) is -0.743. The van der Waals surface area contributed by atoms with Gasteiger partial charge in [0.1, 0.15) is 11.6 Å². The average Bonchev–Trinajstić information content (AvgIpc) is 3.12. The van der Waals surface area contributed by atoms with Crippen LogP contribution in [-0.4, -0.2) is 18.9 Å². The standard InChI is InChI=1S/C23H17F3N2O2/c1-30-19-13-11-17(12-14-19)22(16-7-9-18(10-8-16)23(24,25)26)21(29)27-20(28-22)15-5-3-2-4-6-15/h2-14H,1H3,(H,27,28,29)/t22-/m0/s1. The Kier molecular flexibility index (Phi) is 4.81. The van der Waals surface area contributed by atoms with Gasteiger partial charge in [0.25, 0.3) is 5.91 Å². The van der Waals surface area contributed by atoms with Gasteiger partial charge in [-0.25, -0.2) is 4.99 Å². The zero-order chi connectivity index (χ0) is 21.4. The summed E-state index contributed by atoms with van der Waals surface area (Å²) in [6, 6.07) is 20.3. The van der Waals surface area contributed by atoms with Crippen LogP contribution in [0.15, 0.2) is 83.9 Å². The number of benzene rings is 3. The van der Waals surface area contributed by atoms with Crippen LogP contribution in [0.25, 0.3) is 0 Å². The van der Waals surface area contributed by atoms with Crippen LogP contribution < -0.4 is 10.1 Å². The van der Waals surface area contributed by atoms with E-state index in [1.165, 1.54) is 19.2 Å². The number of aliphatic imine (C=N–C) groups is 1. The number of alkyl halides is 3. The molecule has 0 unspecified atom stereocenters. The number of nitrogens with zero attached hydrogens (tertiary/aromatic N) is 1. The molecule has 0 bridgehead atoms. The van der Waals surface area contributed by atoms with Crippen molar-refractivity contribution in [3.05, 3.63) is 101 Å². The summed E-state index contributed by atoms with van der Waals surface area (Å²) >= 11 is 0. The fourth-order valence-corrected chi connectivity index (χ4v) is 3.47. The van der Waals surface area contributed by atoms with Gasteiger partial charge < -0.3 is 10.1 Å². The van der Waals surface area contributed by atoms with Gasteiger partial charge in [0.05, 0.1) is 12.7 Å². The van der Waals surface area contributed by atoms with Gasteiger partial charge in [0.2, 0.25) is 0 Å². The van der Waals surface area contributed by atoms with Gasteiger partial charge in [-0.1, -0.05) is 54.6 Å². The summed E-state index contributed by atoms with van der Waals surface area (Å²) in [6.45, 7) is 0. The van der Waals surface area contributed by atoms with Crippen LogP contribution in [0, 0.1) is 0 Å². The van der Waals surface area contributed by atoms with Crippen LogP contribution in [0.3, 0.4) is 0 Å². The third-order valence-electron chi connectivity index (χ3n) is 5.03. The first-order valence-corrected chi connectivity index (χ1v) is 9.13. The first kappa shape index (κ1) is 19.7. The van der Waals surface area contributed by atoms with Crippen molar-refractivity contribution in [1.82, 2.24) is 5.32 Å². The molecule has 0 radical (unpaired) electrons. The summed E-state index contributed by atoms with van der Waals surface area (Å²) in [5.74, 6) is 0.509. The van der Waals surface area contributed by atoms with E-state index in [9.17, 15) is 18.0 Å². The number of amides is 1. The summed E-state index contributed by atoms with van der Waals surface area (Å²) in [5, 5.41) is 2.79. The van der Waals surface area contributed by atoms with Crippen LogP contribution in [0.1, 0.15) is 22.3 Å². The lowest BCUT2D eigenvalue weighted by molar-refractivity contribution is -0.137. The molecule has 1 N–H and O–H groups in total. The number of halogens is 3. The lowest BCUT2D eigenvalue weighted by Crippen LogP contribution is -2.38. The molecule has 152 valence electrons. The van der Waals surface area contributed by atoms with E-state index in [0.717, 1.165) is 12.1 Å². The molecule has 0 saturated heterocycles. The Labute approximate surface area is 171 Å². The molecule has 0 spiro atoms. The number of nitrogens with one attached hydrogen (secondary N) is 1. The molecule has 0 saturated carbocycles. The number of hydrogen-bond acceptors (Lipinski definition) is 3. The van der Waals surface area contributed by atoms with Crippen molar-refractivity contribution in [1.29, 1.82) is 0 Å². The summed E-state index contributed by atoms with van der Waals surface area (Å²) < 4.78 is 44.3. The van der Waals surface area contributed by atoms with Crippen molar-refractivity contribution in [2.45, 2.75) is 11.7 Å². The molecule has 30 heavy (non-hydrogen) atoms. The van der Waals surface area contributed by atoms with Crippen molar-refractivity contribution in [2.75, 3.05) is 7.11 Å². The molecule has 0 fully saturated rings. The fourth-order valence-electron chi connectivity index (χ4n) is 3.47. The van der Waals surface area contributed by atoms with Crippen LogP contribution in [0.5, 0.6) is 5.75 Å². The minimum Gasteiger partial charge on any atom is -0.497 e. The lowest BCUT2D eigenvalue weighted by atomic mass is 9.82. The first-order chi connectivity index (χ1) is 14.3. The second-order valence-corrected chi connectivity index (χ2v) is 6.79. The van der Waals surface area contributed by atoms with E-state index in [-0.39, 0.29) is 0 Å². The Morgan fingerprint density at radius 1 is 0.867 bits per heavy atom. The van der Waals surface area contributed by atoms with E-state index in [2.05, 4.69) is 5.32 Å². The lowest BCUT2D eigenvalue weighted by Gasteiger charge is -2.25. The number of amidine groups is 1. The number of hydrogen-bond donors (Lipinski definition) is 1. The molecule has 1 aliphatic rings. The van der Waals surface area contributed by atoms with Crippen molar-refractivity contribution in [2.24, 2.45) is 4.99 Å². The van der Waals surface area contributed by atoms with Crippen LogP contribution in [-0.2, 0) is 16.5 Å². The van der Waals surface area contributed by atoms with Gasteiger partial charge in [-0.3, -0.25) is 4.79 Å². The van der Waals surface area contributed by atoms with Crippen LogP contribution >= 0.6 is 0 Å². The quantitative estimate of drug-likeness (QED) is 0.687. The van der Waals surface area contributed by atoms with E-state index in [4.69, 9.17) is 9.73 Å². The number of ether oxygens (including phenoxy) is 1. The van der Waals surface area contributed by atoms with Gasteiger partial charge in [-0.2, -0.15) is 13.2 Å². The molecule has 3 aromatic carbocycles. The molecule has 0 aliphatic carbocycles. The Morgan fingerprint density at radius 3 is 1.97 bits per heavy atom. The van der Waals surface area contributed by atoms with Crippen molar-refractivity contribution < 1.29 is 22.7 Å². The minimum atomic E-state index is -4.47. The van der Waals surface area contributed by atoms with Gasteiger partial charge in [0.15, 0.2) is 5.54 Å². The van der Waals surface area contributed by atoms with Gasteiger partial charge in [-0.05, 0) is 35.4 Å². The maximum absolute atomic E-state index is 13.2. The molecule has 0 aromatic heterocycles. The Balaban J connectivity index is 1.89. The third-order valence-corrected chi connectivity index (χ3v) is 5.03. The SMILES string of the molecule is COc1ccc([C@]2(c3ccc(C(F)(F)F)cc3)N=C(c3ccccc3)NC2=O)cc1. The zero-order valence-corrected chi connectivity index (χ0v) is 15.9. The molecule has 1 atom stereocenters. The largest absolute Gasteiger partial charge is 0.497 e. The van der Waals surface area contributed by atoms with Crippen LogP contribution in [0.2, 0.25) is 0 Å². The molecule has 1 heterocycles. The summed E-state index contributed by atoms with van der Waals surface area (Å²) in [4.78, 5) is 17.9. The molecule has 7 heteroatoms. The average molecular weight is 410 g/mol. The third kappa shape index (κ3) is 3.32. The normalized spacial score (nSPS) is 18.7. The minimum absolute atomic E-state index is 0.337. The number of carbonyl (C=O) groups is 1. The second kappa shape index (κ2) is 7.33. The predicted molar refractivity (Wildman–Crippen MR) is 106 cm³/mol. The molecular formula is C23H17F3N2O2. The Bertz CT molecular complexity index is 1090. The predicted octanol–water partition coefficient (Wildman–Crippen LogP) is 4.53. The van der Waals surface area contributed by atoms with Gasteiger partial charge in [-0.15, -0.1) is 0 Å². The molecule has 4 rings (SSSR count). The highest BCUT2D eigenvalue weighted by Crippen LogP contribution is 2.40. The van der Waals surface area contributed by atoms with E-state index in [1.807, 2.05) is 18.2 Å². The molecule has 3 aromatic rings. The van der Waals surface area contributed by atoms with E-state index in [1.54, 1.807) is 36.4 Å². The maximum Gasteiger partial charge on any atom is 0.416 e.